The zero-order valence-corrected chi connectivity index (χ0v) is 19.2. The summed E-state index contributed by atoms with van der Waals surface area (Å²) in [5.41, 5.74) is 4.88. The summed E-state index contributed by atoms with van der Waals surface area (Å²) < 4.78 is 28.2. The largest absolute Gasteiger partial charge is 0.348 e. The van der Waals surface area contributed by atoms with Crippen LogP contribution >= 0.6 is 0 Å². The van der Waals surface area contributed by atoms with Gasteiger partial charge in [0.15, 0.2) is 0 Å². The lowest BCUT2D eigenvalue weighted by Crippen LogP contribution is -2.42. The summed E-state index contributed by atoms with van der Waals surface area (Å²) in [6, 6.07) is 21.7. The Balaban J connectivity index is 1.64. The van der Waals surface area contributed by atoms with Crippen LogP contribution in [0.25, 0.3) is 0 Å². The van der Waals surface area contributed by atoms with E-state index in [1.807, 2.05) is 44.2 Å². The summed E-state index contributed by atoms with van der Waals surface area (Å²) >= 11 is 0. The van der Waals surface area contributed by atoms with Crippen molar-refractivity contribution in [3.05, 3.63) is 95.1 Å². The average Bonchev–Trinajstić information content (AvgIpc) is 2.80. The van der Waals surface area contributed by atoms with E-state index >= 15 is 0 Å². The third-order valence-electron chi connectivity index (χ3n) is 6.10. The first-order chi connectivity index (χ1) is 15.4. The molecule has 1 aliphatic rings. The molecule has 32 heavy (non-hydrogen) atoms. The van der Waals surface area contributed by atoms with Crippen LogP contribution in [-0.4, -0.2) is 20.9 Å². The maximum absolute atomic E-state index is 13.5. The number of amides is 1. The van der Waals surface area contributed by atoms with Crippen LogP contribution < -0.4 is 9.62 Å². The van der Waals surface area contributed by atoms with Crippen molar-refractivity contribution in [3.63, 3.8) is 0 Å². The highest BCUT2D eigenvalue weighted by atomic mass is 32.2. The Kier molecular flexibility index (Phi) is 6.33. The van der Waals surface area contributed by atoms with E-state index in [0.29, 0.717) is 5.69 Å². The SMILES string of the molecule is Cc1ccc(N(CC(=O)N[C@@H]2CCCc3ccccc32)S(=O)(=O)c2ccccc2)cc1C. The van der Waals surface area contributed by atoms with Gasteiger partial charge in [-0.3, -0.25) is 9.10 Å². The second kappa shape index (κ2) is 9.17. The number of carbonyl (C=O) groups excluding carboxylic acids is 1. The smallest absolute Gasteiger partial charge is 0.264 e. The van der Waals surface area contributed by atoms with Crippen molar-refractivity contribution in [3.8, 4) is 0 Å². The van der Waals surface area contributed by atoms with Gasteiger partial charge in [0, 0.05) is 0 Å². The van der Waals surface area contributed by atoms with E-state index in [0.717, 1.165) is 36.0 Å². The van der Waals surface area contributed by atoms with Crippen molar-refractivity contribution < 1.29 is 13.2 Å². The average molecular weight is 449 g/mol. The van der Waals surface area contributed by atoms with Crippen molar-refractivity contribution in [2.75, 3.05) is 10.8 Å². The molecule has 0 aromatic heterocycles. The topological polar surface area (TPSA) is 66.5 Å². The Hall–Kier alpha value is -3.12. The summed E-state index contributed by atoms with van der Waals surface area (Å²) in [5, 5.41) is 3.08. The first-order valence-corrected chi connectivity index (χ1v) is 12.3. The number of fused-ring (bicyclic) bond motifs is 1. The van der Waals surface area contributed by atoms with E-state index < -0.39 is 10.0 Å². The molecule has 6 heteroatoms. The highest BCUT2D eigenvalue weighted by Gasteiger charge is 2.29. The predicted octanol–water partition coefficient (Wildman–Crippen LogP) is 4.69. The van der Waals surface area contributed by atoms with E-state index in [1.54, 1.807) is 36.4 Å². The maximum atomic E-state index is 13.5. The maximum Gasteiger partial charge on any atom is 0.264 e. The molecular weight excluding hydrogens is 420 g/mol. The van der Waals surface area contributed by atoms with Crippen molar-refractivity contribution in [2.45, 2.75) is 44.0 Å². The molecule has 0 bridgehead atoms. The number of nitrogens with one attached hydrogen (secondary N) is 1. The summed E-state index contributed by atoms with van der Waals surface area (Å²) in [6.45, 7) is 3.63. The lowest BCUT2D eigenvalue weighted by molar-refractivity contribution is -0.120. The Bertz CT molecular complexity index is 1220. The van der Waals surface area contributed by atoms with E-state index in [9.17, 15) is 13.2 Å². The minimum atomic E-state index is -3.91. The van der Waals surface area contributed by atoms with Crippen LogP contribution in [0.1, 0.15) is 41.1 Å². The molecule has 5 nitrogen and oxygen atoms in total. The number of sulfonamides is 1. The molecule has 0 fully saturated rings. The fraction of sp³-hybridized carbons (Fsp3) is 0.269. The number of carbonyl (C=O) groups is 1. The second-order valence-corrected chi connectivity index (χ2v) is 10.2. The first-order valence-electron chi connectivity index (χ1n) is 10.9. The summed E-state index contributed by atoms with van der Waals surface area (Å²) in [4.78, 5) is 13.3. The third-order valence-corrected chi connectivity index (χ3v) is 7.89. The van der Waals surface area contributed by atoms with E-state index in [2.05, 4.69) is 11.4 Å². The molecule has 0 heterocycles. The molecule has 1 atom stereocenters. The molecule has 0 aliphatic heterocycles. The first kappa shape index (κ1) is 22.1. The second-order valence-electron chi connectivity index (χ2n) is 8.30. The lowest BCUT2D eigenvalue weighted by Gasteiger charge is -2.29. The molecule has 3 aromatic rings. The summed E-state index contributed by atoms with van der Waals surface area (Å²) in [5.74, 6) is -0.315. The van der Waals surface area contributed by atoms with Crippen LogP contribution in [0.5, 0.6) is 0 Å². The summed E-state index contributed by atoms with van der Waals surface area (Å²) in [6.07, 6.45) is 2.84. The van der Waals surface area contributed by atoms with E-state index in [1.165, 1.54) is 9.87 Å². The highest BCUT2D eigenvalue weighted by Crippen LogP contribution is 2.30. The van der Waals surface area contributed by atoms with Gasteiger partial charge in [0.2, 0.25) is 5.91 Å². The molecule has 0 saturated heterocycles. The van der Waals surface area contributed by atoms with Crippen molar-refractivity contribution in [1.82, 2.24) is 5.32 Å². The highest BCUT2D eigenvalue weighted by molar-refractivity contribution is 7.92. The number of anilines is 1. The van der Waals surface area contributed by atoms with Gasteiger partial charge in [0.05, 0.1) is 16.6 Å². The predicted molar refractivity (Wildman–Crippen MR) is 127 cm³/mol. The number of nitrogens with zero attached hydrogens (tertiary/aromatic N) is 1. The third kappa shape index (κ3) is 4.55. The zero-order valence-electron chi connectivity index (χ0n) is 18.4. The van der Waals surface area contributed by atoms with Crippen LogP contribution in [-0.2, 0) is 21.2 Å². The van der Waals surface area contributed by atoms with Gasteiger partial charge < -0.3 is 5.32 Å². The Morgan fingerprint density at radius 3 is 2.44 bits per heavy atom. The normalized spacial score (nSPS) is 15.6. The van der Waals surface area contributed by atoms with Crippen molar-refractivity contribution in [2.24, 2.45) is 0 Å². The molecule has 1 aliphatic carbocycles. The van der Waals surface area contributed by atoms with Gasteiger partial charge in [-0.05, 0) is 79.6 Å². The van der Waals surface area contributed by atoms with Gasteiger partial charge in [0.1, 0.15) is 6.54 Å². The number of hydrogen-bond donors (Lipinski definition) is 1. The molecule has 1 N–H and O–H groups in total. The number of hydrogen-bond acceptors (Lipinski definition) is 3. The molecule has 0 unspecified atom stereocenters. The minimum absolute atomic E-state index is 0.103. The quantitative estimate of drug-likeness (QED) is 0.595. The van der Waals surface area contributed by atoms with Gasteiger partial charge in [-0.15, -0.1) is 0 Å². The minimum Gasteiger partial charge on any atom is -0.348 e. The lowest BCUT2D eigenvalue weighted by atomic mass is 9.88. The molecule has 0 radical (unpaired) electrons. The zero-order chi connectivity index (χ0) is 22.7. The fourth-order valence-corrected chi connectivity index (χ4v) is 5.62. The Morgan fingerprint density at radius 1 is 0.969 bits per heavy atom. The fourth-order valence-electron chi connectivity index (χ4n) is 4.19. The number of benzene rings is 3. The van der Waals surface area contributed by atoms with Crippen molar-refractivity contribution >= 4 is 21.6 Å². The van der Waals surface area contributed by atoms with Gasteiger partial charge in [0.25, 0.3) is 10.0 Å². The number of rotatable bonds is 6. The van der Waals surface area contributed by atoms with Crippen LogP contribution in [0.4, 0.5) is 5.69 Å². The van der Waals surface area contributed by atoms with Gasteiger partial charge >= 0.3 is 0 Å². The molecule has 0 spiro atoms. The molecule has 4 rings (SSSR count). The Labute approximate surface area is 190 Å². The van der Waals surface area contributed by atoms with Crippen LogP contribution in [0.2, 0.25) is 0 Å². The molecule has 1 amide bonds. The van der Waals surface area contributed by atoms with Crippen LogP contribution in [0.15, 0.2) is 77.7 Å². The van der Waals surface area contributed by atoms with E-state index in [4.69, 9.17) is 0 Å². The van der Waals surface area contributed by atoms with Gasteiger partial charge in [-0.1, -0.05) is 48.5 Å². The van der Waals surface area contributed by atoms with Crippen LogP contribution in [0, 0.1) is 13.8 Å². The Morgan fingerprint density at radius 2 is 1.69 bits per heavy atom. The summed E-state index contributed by atoms with van der Waals surface area (Å²) in [7, 11) is -3.91. The standard InChI is InChI=1S/C26H28N2O3S/c1-19-15-16-22(17-20(19)2)28(32(30,31)23-11-4-3-5-12-23)18-26(29)27-25-14-8-10-21-9-6-7-13-24(21)25/h3-7,9,11-13,15-17,25H,8,10,14,18H2,1-2H3,(H,27,29)/t25-/m1/s1. The van der Waals surface area contributed by atoms with Crippen molar-refractivity contribution in [1.29, 1.82) is 0 Å². The van der Waals surface area contributed by atoms with Gasteiger partial charge in [-0.25, -0.2) is 8.42 Å². The van der Waals surface area contributed by atoms with Crippen LogP contribution in [0.3, 0.4) is 0 Å². The van der Waals surface area contributed by atoms with Gasteiger partial charge in [-0.2, -0.15) is 0 Å². The molecule has 166 valence electrons. The number of aryl methyl sites for hydroxylation is 3. The monoisotopic (exact) mass is 448 g/mol. The molecule has 3 aromatic carbocycles. The molecular formula is C26H28N2O3S. The van der Waals surface area contributed by atoms with E-state index in [-0.39, 0.29) is 23.4 Å². The molecule has 0 saturated carbocycles.